The average molecular weight is 284 g/mol. The van der Waals surface area contributed by atoms with Crippen molar-refractivity contribution in [2.75, 3.05) is 12.4 Å². The topological polar surface area (TPSA) is 30.5 Å². The molecule has 1 aromatic rings. The van der Waals surface area contributed by atoms with Crippen LogP contribution in [0.1, 0.15) is 32.3 Å². The third-order valence-electron chi connectivity index (χ3n) is 3.54. The number of nitrogens with one attached hydrogen (secondary N) is 1. The Kier molecular flexibility index (Phi) is 4.58. The number of hydrogen-bond donors (Lipinski definition) is 1. The van der Waals surface area contributed by atoms with E-state index in [1.807, 2.05) is 19.1 Å². The fourth-order valence-electron chi connectivity index (χ4n) is 2.69. The smallest absolute Gasteiger partial charge is 0.143 e. The highest BCUT2D eigenvalue weighted by molar-refractivity contribution is 6.31. The molecule has 0 radical (unpaired) electrons. The lowest BCUT2D eigenvalue weighted by molar-refractivity contribution is -0.0338. The summed E-state index contributed by atoms with van der Waals surface area (Å²) in [5, 5.41) is 4.30. The molecule has 1 heterocycles. The summed E-state index contributed by atoms with van der Waals surface area (Å²) in [5.41, 5.74) is 2.06. The van der Waals surface area contributed by atoms with Gasteiger partial charge in [-0.25, -0.2) is 0 Å². The molecule has 0 saturated carbocycles. The highest BCUT2D eigenvalue weighted by Crippen LogP contribution is 2.33. The fourth-order valence-corrected chi connectivity index (χ4v) is 2.84. The van der Waals surface area contributed by atoms with E-state index in [-0.39, 0.29) is 0 Å². The number of ether oxygens (including phenoxy) is 2. The summed E-state index contributed by atoms with van der Waals surface area (Å²) in [6.07, 6.45) is 2.60. The van der Waals surface area contributed by atoms with Crippen LogP contribution in [0.4, 0.5) is 5.69 Å². The Morgan fingerprint density at radius 2 is 1.89 bits per heavy atom. The summed E-state index contributed by atoms with van der Waals surface area (Å²) in [5.74, 6) is 0.794. The number of rotatable bonds is 3. The van der Waals surface area contributed by atoms with E-state index in [0.29, 0.717) is 18.2 Å². The Labute approximate surface area is 120 Å². The monoisotopic (exact) mass is 283 g/mol. The third-order valence-corrected chi connectivity index (χ3v) is 3.95. The van der Waals surface area contributed by atoms with Gasteiger partial charge in [0.15, 0.2) is 0 Å². The van der Waals surface area contributed by atoms with Gasteiger partial charge in [-0.1, -0.05) is 11.6 Å². The molecule has 19 heavy (non-hydrogen) atoms. The predicted octanol–water partition coefficient (Wildman–Crippen LogP) is 4.02. The van der Waals surface area contributed by atoms with Crippen LogP contribution in [-0.4, -0.2) is 25.4 Å². The van der Waals surface area contributed by atoms with Gasteiger partial charge in [0.2, 0.25) is 0 Å². The minimum Gasteiger partial charge on any atom is -0.495 e. The molecular weight excluding hydrogens is 262 g/mol. The molecule has 1 N–H and O–H groups in total. The van der Waals surface area contributed by atoms with Gasteiger partial charge in [-0.05, 0) is 45.2 Å². The summed E-state index contributed by atoms with van der Waals surface area (Å²) in [7, 11) is 1.67. The van der Waals surface area contributed by atoms with Crippen molar-refractivity contribution in [3.63, 3.8) is 0 Å². The summed E-state index contributed by atoms with van der Waals surface area (Å²) < 4.78 is 11.2. The molecule has 2 atom stereocenters. The van der Waals surface area contributed by atoms with Gasteiger partial charge < -0.3 is 14.8 Å². The molecule has 2 rings (SSSR count). The SMILES string of the molecule is COc1cc(Cl)c(C)cc1NC1CC(C)OC(C)C1. The van der Waals surface area contributed by atoms with Gasteiger partial charge in [0, 0.05) is 17.1 Å². The molecule has 0 aromatic heterocycles. The van der Waals surface area contributed by atoms with Crippen LogP contribution in [-0.2, 0) is 4.74 Å². The van der Waals surface area contributed by atoms with Crippen LogP contribution in [0.3, 0.4) is 0 Å². The van der Waals surface area contributed by atoms with Gasteiger partial charge in [-0.15, -0.1) is 0 Å². The zero-order valence-corrected chi connectivity index (χ0v) is 12.8. The molecule has 1 aliphatic rings. The molecule has 1 aromatic carbocycles. The molecule has 1 saturated heterocycles. The van der Waals surface area contributed by atoms with E-state index in [0.717, 1.165) is 34.9 Å². The zero-order chi connectivity index (χ0) is 14.0. The van der Waals surface area contributed by atoms with Crippen molar-refractivity contribution in [2.45, 2.75) is 51.9 Å². The second-order valence-electron chi connectivity index (χ2n) is 5.37. The Morgan fingerprint density at radius 3 is 2.47 bits per heavy atom. The maximum absolute atomic E-state index is 6.13. The lowest BCUT2D eigenvalue weighted by atomic mass is 9.99. The Hall–Kier alpha value is -0.930. The van der Waals surface area contributed by atoms with Crippen LogP contribution in [0.25, 0.3) is 0 Å². The van der Waals surface area contributed by atoms with E-state index in [2.05, 4.69) is 19.2 Å². The molecule has 106 valence electrons. The normalized spacial score (nSPS) is 27.1. The van der Waals surface area contributed by atoms with Crippen molar-refractivity contribution < 1.29 is 9.47 Å². The largest absolute Gasteiger partial charge is 0.495 e. The zero-order valence-electron chi connectivity index (χ0n) is 12.0. The fraction of sp³-hybridized carbons (Fsp3) is 0.600. The summed E-state index contributed by atoms with van der Waals surface area (Å²) in [6.45, 7) is 6.24. The molecule has 4 heteroatoms. The van der Waals surface area contributed by atoms with Crippen molar-refractivity contribution in [1.82, 2.24) is 0 Å². The number of methoxy groups -OCH3 is 1. The van der Waals surface area contributed by atoms with Crippen LogP contribution in [0.5, 0.6) is 5.75 Å². The number of benzene rings is 1. The maximum Gasteiger partial charge on any atom is 0.143 e. The quantitative estimate of drug-likeness (QED) is 0.909. The Balaban J connectivity index is 2.16. The number of anilines is 1. The van der Waals surface area contributed by atoms with Gasteiger partial charge in [0.25, 0.3) is 0 Å². The Bertz CT molecular complexity index is 440. The second kappa shape index (κ2) is 6.02. The summed E-state index contributed by atoms with van der Waals surface area (Å²) >= 11 is 6.13. The first-order valence-corrected chi connectivity index (χ1v) is 7.13. The second-order valence-corrected chi connectivity index (χ2v) is 5.78. The lowest BCUT2D eigenvalue weighted by Crippen LogP contribution is -2.37. The average Bonchev–Trinajstić information content (AvgIpc) is 2.32. The van der Waals surface area contributed by atoms with Gasteiger partial charge in [-0.3, -0.25) is 0 Å². The third kappa shape index (κ3) is 3.54. The van der Waals surface area contributed by atoms with Crippen molar-refractivity contribution in [2.24, 2.45) is 0 Å². The van der Waals surface area contributed by atoms with Crippen molar-refractivity contribution >= 4 is 17.3 Å². The van der Waals surface area contributed by atoms with E-state index in [1.165, 1.54) is 0 Å². The van der Waals surface area contributed by atoms with Gasteiger partial charge in [0.1, 0.15) is 5.75 Å². The molecule has 1 aliphatic heterocycles. The minimum absolute atomic E-state index is 0.292. The van der Waals surface area contributed by atoms with Crippen LogP contribution < -0.4 is 10.1 Å². The standard InChI is InChI=1S/C15H22ClNO2/c1-9-5-14(15(18-4)8-13(9)16)17-12-6-10(2)19-11(3)7-12/h5,8,10-12,17H,6-7H2,1-4H3. The molecule has 3 nitrogen and oxygen atoms in total. The molecular formula is C15H22ClNO2. The number of halogens is 1. The molecule has 2 unspecified atom stereocenters. The predicted molar refractivity (Wildman–Crippen MR) is 79.4 cm³/mol. The minimum atomic E-state index is 0.292. The Morgan fingerprint density at radius 1 is 1.26 bits per heavy atom. The first-order valence-electron chi connectivity index (χ1n) is 6.75. The highest BCUT2D eigenvalue weighted by Gasteiger charge is 2.25. The molecule has 0 spiro atoms. The van der Waals surface area contributed by atoms with E-state index >= 15 is 0 Å². The van der Waals surface area contributed by atoms with Crippen LogP contribution in [0, 0.1) is 6.92 Å². The van der Waals surface area contributed by atoms with E-state index in [4.69, 9.17) is 21.1 Å². The number of hydrogen-bond acceptors (Lipinski definition) is 3. The van der Waals surface area contributed by atoms with E-state index in [1.54, 1.807) is 7.11 Å². The summed E-state index contributed by atoms with van der Waals surface area (Å²) in [4.78, 5) is 0. The van der Waals surface area contributed by atoms with Crippen molar-refractivity contribution in [1.29, 1.82) is 0 Å². The van der Waals surface area contributed by atoms with Gasteiger partial charge >= 0.3 is 0 Å². The number of aryl methyl sites for hydroxylation is 1. The molecule has 0 amide bonds. The summed E-state index contributed by atoms with van der Waals surface area (Å²) in [6, 6.07) is 4.32. The van der Waals surface area contributed by atoms with Crippen LogP contribution in [0.15, 0.2) is 12.1 Å². The first-order chi connectivity index (χ1) is 8.99. The molecule has 0 aliphatic carbocycles. The van der Waals surface area contributed by atoms with E-state index < -0.39 is 0 Å². The lowest BCUT2D eigenvalue weighted by Gasteiger charge is -2.33. The molecule has 1 fully saturated rings. The van der Waals surface area contributed by atoms with Gasteiger partial charge in [0.05, 0.1) is 25.0 Å². The van der Waals surface area contributed by atoms with Gasteiger partial charge in [-0.2, -0.15) is 0 Å². The van der Waals surface area contributed by atoms with E-state index in [9.17, 15) is 0 Å². The van der Waals surface area contributed by atoms with Crippen molar-refractivity contribution in [3.8, 4) is 5.75 Å². The first kappa shape index (κ1) is 14.5. The van der Waals surface area contributed by atoms with Crippen LogP contribution in [0.2, 0.25) is 5.02 Å². The van der Waals surface area contributed by atoms with Crippen molar-refractivity contribution in [3.05, 3.63) is 22.7 Å². The maximum atomic E-state index is 6.13. The highest BCUT2D eigenvalue weighted by atomic mass is 35.5. The van der Waals surface area contributed by atoms with Crippen LogP contribution >= 0.6 is 11.6 Å². The molecule has 0 bridgehead atoms.